The Hall–Kier alpha value is 0.350. The minimum absolute atomic E-state index is 1.12. The molecule has 2 aliphatic rings. The molecule has 0 amide bonds. The lowest BCUT2D eigenvalue weighted by Crippen LogP contribution is -2.00. The number of hydrogen-bond acceptors (Lipinski definition) is 1. The number of hydrogen-bond donors (Lipinski definition) is 0. The zero-order valence-electron chi connectivity index (χ0n) is 4.39. The summed E-state index contributed by atoms with van der Waals surface area (Å²) in [5.74, 6) is 0. The van der Waals surface area contributed by atoms with Gasteiger partial charge in [-0.15, -0.1) is 0 Å². The molecule has 40 valence electrons. The van der Waals surface area contributed by atoms with Gasteiger partial charge in [-0.2, -0.15) is 11.8 Å². The molecule has 2 atom stereocenters. The van der Waals surface area contributed by atoms with E-state index in [1.54, 1.807) is 0 Å². The molecular weight excluding hydrogens is 104 g/mol. The second-order valence-corrected chi connectivity index (χ2v) is 3.98. The van der Waals surface area contributed by atoms with Crippen LogP contribution < -0.4 is 0 Å². The van der Waals surface area contributed by atoms with Gasteiger partial charge in [0.2, 0.25) is 0 Å². The molecule has 2 rings (SSSR count). The first-order valence-corrected chi connectivity index (χ1v) is 4.06. The third-order valence-corrected chi connectivity index (χ3v) is 3.43. The highest BCUT2D eigenvalue weighted by molar-refractivity contribution is 8.07. The SMILES string of the molecule is C1CC[C@@H]2S[C@H]2C1. The minimum atomic E-state index is 1.12. The summed E-state index contributed by atoms with van der Waals surface area (Å²) in [4.78, 5) is 0. The molecule has 0 aromatic carbocycles. The third-order valence-electron chi connectivity index (χ3n) is 1.91. The van der Waals surface area contributed by atoms with Crippen molar-refractivity contribution in [1.29, 1.82) is 0 Å². The first kappa shape index (κ1) is 4.25. The summed E-state index contributed by atoms with van der Waals surface area (Å²) in [7, 11) is 0. The van der Waals surface area contributed by atoms with E-state index in [2.05, 4.69) is 11.8 Å². The molecule has 2 fully saturated rings. The summed E-state index contributed by atoms with van der Waals surface area (Å²) < 4.78 is 0. The second-order valence-electron chi connectivity index (χ2n) is 2.50. The Morgan fingerprint density at radius 1 is 1.00 bits per heavy atom. The van der Waals surface area contributed by atoms with Crippen molar-refractivity contribution in [2.24, 2.45) is 0 Å². The van der Waals surface area contributed by atoms with E-state index in [0.717, 1.165) is 10.5 Å². The molecule has 0 spiro atoms. The summed E-state index contributed by atoms with van der Waals surface area (Å²) in [5, 5.41) is 2.24. The molecule has 7 heavy (non-hydrogen) atoms. The number of fused-ring (bicyclic) bond motifs is 1. The normalized spacial score (nSPS) is 48.0. The van der Waals surface area contributed by atoms with Crippen molar-refractivity contribution in [2.45, 2.75) is 36.2 Å². The average molecular weight is 114 g/mol. The maximum Gasteiger partial charge on any atom is 0.0169 e. The maximum absolute atomic E-state index is 2.20. The van der Waals surface area contributed by atoms with Gasteiger partial charge in [0.25, 0.3) is 0 Å². The predicted octanol–water partition coefficient (Wildman–Crippen LogP) is 2.04. The lowest BCUT2D eigenvalue weighted by Gasteiger charge is -2.02. The maximum atomic E-state index is 2.20. The Kier molecular flexibility index (Phi) is 0.857. The van der Waals surface area contributed by atoms with Crippen LogP contribution in [0.2, 0.25) is 0 Å². The zero-order chi connectivity index (χ0) is 4.69. The minimum Gasteiger partial charge on any atom is -0.153 e. The van der Waals surface area contributed by atoms with Gasteiger partial charge in [-0.1, -0.05) is 12.8 Å². The Balaban J connectivity index is 1.95. The van der Waals surface area contributed by atoms with Crippen molar-refractivity contribution in [1.82, 2.24) is 0 Å². The molecule has 1 saturated carbocycles. The van der Waals surface area contributed by atoms with E-state index >= 15 is 0 Å². The molecule has 0 unspecified atom stereocenters. The summed E-state index contributed by atoms with van der Waals surface area (Å²) in [6.45, 7) is 0. The highest BCUT2D eigenvalue weighted by atomic mass is 32.2. The zero-order valence-corrected chi connectivity index (χ0v) is 5.21. The summed E-state index contributed by atoms with van der Waals surface area (Å²) >= 11 is 2.20. The Morgan fingerprint density at radius 2 is 1.57 bits per heavy atom. The molecular formula is C6H10S. The van der Waals surface area contributed by atoms with E-state index in [9.17, 15) is 0 Å². The van der Waals surface area contributed by atoms with Crippen LogP contribution in [0.1, 0.15) is 25.7 Å². The second kappa shape index (κ2) is 1.41. The van der Waals surface area contributed by atoms with E-state index in [0.29, 0.717) is 0 Å². The Morgan fingerprint density at radius 3 is 2.00 bits per heavy atom. The van der Waals surface area contributed by atoms with Crippen LogP contribution in [0.25, 0.3) is 0 Å². The molecule has 0 nitrogen and oxygen atoms in total. The summed E-state index contributed by atoms with van der Waals surface area (Å²) in [5.41, 5.74) is 0. The molecule has 0 bridgehead atoms. The quantitative estimate of drug-likeness (QED) is 0.434. The third kappa shape index (κ3) is 0.674. The highest BCUT2D eigenvalue weighted by Gasteiger charge is 2.39. The van der Waals surface area contributed by atoms with Crippen LogP contribution in [0.4, 0.5) is 0 Å². The van der Waals surface area contributed by atoms with Crippen LogP contribution >= 0.6 is 11.8 Å². The predicted molar refractivity (Wildman–Crippen MR) is 33.6 cm³/mol. The largest absolute Gasteiger partial charge is 0.153 e. The lowest BCUT2D eigenvalue weighted by molar-refractivity contribution is 0.571. The van der Waals surface area contributed by atoms with Crippen molar-refractivity contribution >= 4 is 11.8 Å². The average Bonchev–Trinajstić information content (AvgIpc) is 2.41. The van der Waals surface area contributed by atoms with Crippen LogP contribution in [-0.2, 0) is 0 Å². The molecule has 0 N–H and O–H groups in total. The van der Waals surface area contributed by atoms with Gasteiger partial charge < -0.3 is 0 Å². The van der Waals surface area contributed by atoms with Crippen LogP contribution in [-0.4, -0.2) is 10.5 Å². The Bertz CT molecular complexity index is 70.2. The molecule has 0 radical (unpaired) electrons. The van der Waals surface area contributed by atoms with Gasteiger partial charge in [0.05, 0.1) is 0 Å². The van der Waals surface area contributed by atoms with E-state index in [4.69, 9.17) is 0 Å². The number of thioether (sulfide) groups is 1. The fraction of sp³-hybridized carbons (Fsp3) is 1.00. The topological polar surface area (TPSA) is 0 Å². The van der Waals surface area contributed by atoms with Crippen molar-refractivity contribution in [3.63, 3.8) is 0 Å². The van der Waals surface area contributed by atoms with Gasteiger partial charge >= 0.3 is 0 Å². The van der Waals surface area contributed by atoms with Crippen LogP contribution in [0.15, 0.2) is 0 Å². The van der Waals surface area contributed by atoms with E-state index in [1.807, 2.05) is 0 Å². The monoisotopic (exact) mass is 114 g/mol. The summed E-state index contributed by atoms with van der Waals surface area (Å²) in [6.07, 6.45) is 6.06. The van der Waals surface area contributed by atoms with Gasteiger partial charge in [-0.05, 0) is 12.8 Å². The van der Waals surface area contributed by atoms with Gasteiger partial charge in [0.15, 0.2) is 0 Å². The summed E-state index contributed by atoms with van der Waals surface area (Å²) in [6, 6.07) is 0. The van der Waals surface area contributed by atoms with Crippen molar-refractivity contribution < 1.29 is 0 Å². The molecule has 1 saturated heterocycles. The van der Waals surface area contributed by atoms with Gasteiger partial charge in [-0.3, -0.25) is 0 Å². The van der Waals surface area contributed by atoms with Crippen molar-refractivity contribution in [2.75, 3.05) is 0 Å². The van der Waals surface area contributed by atoms with Crippen LogP contribution in [0.3, 0.4) is 0 Å². The smallest absolute Gasteiger partial charge is 0.0169 e. The van der Waals surface area contributed by atoms with Gasteiger partial charge in [0.1, 0.15) is 0 Å². The highest BCUT2D eigenvalue weighted by Crippen LogP contribution is 2.50. The first-order valence-electron chi connectivity index (χ1n) is 3.12. The van der Waals surface area contributed by atoms with Gasteiger partial charge in [0, 0.05) is 10.5 Å². The first-order chi connectivity index (χ1) is 3.47. The molecule has 1 heteroatoms. The van der Waals surface area contributed by atoms with Crippen LogP contribution in [0.5, 0.6) is 0 Å². The Labute approximate surface area is 48.7 Å². The van der Waals surface area contributed by atoms with E-state index in [-0.39, 0.29) is 0 Å². The molecule has 1 heterocycles. The van der Waals surface area contributed by atoms with E-state index in [1.165, 1.54) is 25.7 Å². The van der Waals surface area contributed by atoms with Crippen molar-refractivity contribution in [3.05, 3.63) is 0 Å². The fourth-order valence-electron chi connectivity index (χ4n) is 1.38. The van der Waals surface area contributed by atoms with Crippen LogP contribution in [0, 0.1) is 0 Å². The molecule has 1 aliphatic heterocycles. The number of rotatable bonds is 0. The molecule has 0 aromatic rings. The van der Waals surface area contributed by atoms with Crippen molar-refractivity contribution in [3.8, 4) is 0 Å². The lowest BCUT2D eigenvalue weighted by atomic mass is 10.0. The standard InChI is InChI=1S/C6H10S/c1-2-4-6-5(3-1)7-6/h5-6H,1-4H2/t5-,6-/m0/s1. The molecule has 1 aliphatic carbocycles. The van der Waals surface area contributed by atoms with E-state index < -0.39 is 0 Å². The molecule has 0 aromatic heterocycles. The fourth-order valence-corrected chi connectivity index (χ4v) is 2.61. The van der Waals surface area contributed by atoms with Gasteiger partial charge in [-0.25, -0.2) is 0 Å².